The Morgan fingerprint density at radius 1 is 1.57 bits per heavy atom. The Morgan fingerprint density at radius 2 is 2.00 bits per heavy atom. The van der Waals surface area contributed by atoms with Gasteiger partial charge in [0.1, 0.15) is 0 Å². The SMILES string of the molecule is O=C(O)C=C([SiH3])[SiH3]. The van der Waals surface area contributed by atoms with Crippen LogP contribution >= 0.6 is 0 Å². The van der Waals surface area contributed by atoms with Crippen LogP contribution in [0.2, 0.25) is 0 Å². The molecule has 0 rings (SSSR count). The third kappa shape index (κ3) is 5.64. The lowest BCUT2D eigenvalue weighted by atomic mass is 10.7. The van der Waals surface area contributed by atoms with Crippen LogP contribution in [0.3, 0.4) is 0 Å². The first-order valence-corrected chi connectivity index (χ1v) is 4.01. The molecule has 0 heterocycles. The van der Waals surface area contributed by atoms with Crippen molar-refractivity contribution in [3.8, 4) is 0 Å². The van der Waals surface area contributed by atoms with Gasteiger partial charge in [-0.1, -0.05) is 0 Å². The Balaban J connectivity index is 3.68. The molecule has 0 fully saturated rings. The first kappa shape index (κ1) is 6.64. The maximum Gasteiger partial charge on any atom is 0.327 e. The smallest absolute Gasteiger partial charge is 0.327 e. The Hall–Kier alpha value is -0.356. The van der Waals surface area contributed by atoms with Crippen LogP contribution in [-0.2, 0) is 4.79 Å². The van der Waals surface area contributed by atoms with Gasteiger partial charge in [-0.05, 0) is 0 Å². The zero-order valence-electron chi connectivity index (χ0n) is 4.43. The highest BCUT2D eigenvalue weighted by Gasteiger charge is 1.83. The molecule has 0 amide bonds. The van der Waals surface area contributed by atoms with E-state index in [0.717, 1.165) is 25.3 Å². The number of carboxylic acids is 1. The zero-order chi connectivity index (χ0) is 5.86. The molecule has 2 nitrogen and oxygen atoms in total. The molecule has 7 heavy (non-hydrogen) atoms. The second-order valence-corrected chi connectivity index (χ2v) is 6.71. The number of hydrogen-bond acceptors (Lipinski definition) is 1. The van der Waals surface area contributed by atoms with Gasteiger partial charge in [0.15, 0.2) is 0 Å². The van der Waals surface area contributed by atoms with Crippen molar-refractivity contribution in [2.75, 3.05) is 0 Å². The molecule has 0 aliphatic rings. The molecule has 0 radical (unpaired) electrons. The molecule has 0 unspecified atom stereocenters. The van der Waals surface area contributed by atoms with Gasteiger partial charge in [0.2, 0.25) is 0 Å². The van der Waals surface area contributed by atoms with E-state index >= 15 is 0 Å². The zero-order valence-corrected chi connectivity index (χ0v) is 8.43. The molecular formula is C3H8O2Si2. The number of hydrogen-bond donors (Lipinski definition) is 1. The lowest BCUT2D eigenvalue weighted by Crippen LogP contribution is -1.90. The van der Waals surface area contributed by atoms with E-state index in [9.17, 15) is 4.79 Å². The minimum absolute atomic E-state index is 0.806. The van der Waals surface area contributed by atoms with E-state index in [0.29, 0.717) is 0 Å². The van der Waals surface area contributed by atoms with Gasteiger partial charge in [-0.15, -0.1) is 4.82 Å². The molecule has 0 aromatic rings. The second-order valence-electron chi connectivity index (χ2n) is 1.56. The van der Waals surface area contributed by atoms with E-state index in [4.69, 9.17) is 5.11 Å². The fraction of sp³-hybridized carbons (Fsp3) is 0. The number of rotatable bonds is 1. The Bertz CT molecular complexity index is 104. The van der Waals surface area contributed by atoms with Crippen LogP contribution in [0, 0.1) is 0 Å². The van der Waals surface area contributed by atoms with Gasteiger partial charge in [-0.2, -0.15) is 0 Å². The van der Waals surface area contributed by atoms with Crippen LogP contribution in [0.4, 0.5) is 0 Å². The summed E-state index contributed by atoms with van der Waals surface area (Å²) in [5, 5.41) is 8.05. The summed E-state index contributed by atoms with van der Waals surface area (Å²) < 4.78 is 0. The van der Waals surface area contributed by atoms with Crippen LogP contribution in [0.5, 0.6) is 0 Å². The lowest BCUT2D eigenvalue weighted by molar-refractivity contribution is -0.131. The third-order valence-corrected chi connectivity index (χ3v) is 0.990. The molecule has 0 aliphatic heterocycles. The molecule has 40 valence electrons. The van der Waals surface area contributed by atoms with Gasteiger partial charge in [0.05, 0.1) is 0 Å². The summed E-state index contributed by atoms with van der Waals surface area (Å²) in [6, 6.07) is 0. The number of carboxylic acid groups (broad SMARTS) is 1. The molecule has 0 saturated carbocycles. The van der Waals surface area contributed by atoms with Gasteiger partial charge in [-0.3, -0.25) is 0 Å². The highest BCUT2D eigenvalue weighted by atomic mass is 28.2. The lowest BCUT2D eigenvalue weighted by Gasteiger charge is -1.79. The minimum Gasteiger partial charge on any atom is -0.478 e. The van der Waals surface area contributed by atoms with Crippen LogP contribution < -0.4 is 0 Å². The Morgan fingerprint density at radius 3 is 2.00 bits per heavy atom. The molecular weight excluding hydrogens is 124 g/mol. The van der Waals surface area contributed by atoms with Crippen molar-refractivity contribution in [2.45, 2.75) is 0 Å². The number of aliphatic carboxylic acids is 1. The Labute approximate surface area is 48.1 Å². The quantitative estimate of drug-likeness (QED) is 0.320. The molecule has 0 spiro atoms. The van der Waals surface area contributed by atoms with Crippen molar-refractivity contribution in [1.29, 1.82) is 0 Å². The molecule has 1 N–H and O–H groups in total. The molecule has 0 saturated heterocycles. The summed E-state index contributed by atoms with van der Waals surface area (Å²) >= 11 is 0. The molecule has 0 aliphatic carbocycles. The van der Waals surface area contributed by atoms with E-state index in [2.05, 4.69) is 0 Å². The standard InChI is InChI=1S/C3H8O2Si2/c4-2(5)1-3(6)7/h1H,6-7H3,(H,4,5). The average Bonchev–Trinajstić information content (AvgIpc) is 1.27. The van der Waals surface area contributed by atoms with E-state index in [1.165, 1.54) is 6.08 Å². The van der Waals surface area contributed by atoms with Crippen LogP contribution in [0.15, 0.2) is 10.9 Å². The topological polar surface area (TPSA) is 37.3 Å². The summed E-state index contributed by atoms with van der Waals surface area (Å²) in [6.07, 6.45) is 1.29. The largest absolute Gasteiger partial charge is 0.478 e. The van der Waals surface area contributed by atoms with E-state index in [1.54, 1.807) is 0 Å². The van der Waals surface area contributed by atoms with Gasteiger partial charge in [-0.25, -0.2) is 4.79 Å². The van der Waals surface area contributed by atoms with E-state index < -0.39 is 5.97 Å². The average molecular weight is 132 g/mol. The predicted molar refractivity (Wildman–Crippen MR) is 35.6 cm³/mol. The van der Waals surface area contributed by atoms with Gasteiger partial charge in [0.25, 0.3) is 0 Å². The molecule has 0 atom stereocenters. The minimum atomic E-state index is -0.806. The summed E-state index contributed by atoms with van der Waals surface area (Å²) in [6.45, 7) is 0. The summed E-state index contributed by atoms with van der Waals surface area (Å²) in [4.78, 5) is 10.9. The molecule has 0 bridgehead atoms. The summed E-state index contributed by atoms with van der Waals surface area (Å²) in [7, 11) is 1.82. The number of carbonyl (C=O) groups is 1. The second kappa shape index (κ2) is 2.76. The van der Waals surface area contributed by atoms with E-state index in [1.807, 2.05) is 0 Å². The molecule has 0 aromatic carbocycles. The van der Waals surface area contributed by atoms with Crippen molar-refractivity contribution in [3.05, 3.63) is 10.9 Å². The maximum absolute atomic E-state index is 9.78. The van der Waals surface area contributed by atoms with Crippen LogP contribution in [0.25, 0.3) is 0 Å². The van der Waals surface area contributed by atoms with Crippen LogP contribution in [-0.4, -0.2) is 31.6 Å². The monoisotopic (exact) mass is 132 g/mol. The predicted octanol–water partition coefficient (Wildman–Crippen LogP) is -2.36. The third-order valence-electron chi connectivity index (χ3n) is 0.412. The maximum atomic E-state index is 9.78. The van der Waals surface area contributed by atoms with Crippen molar-refractivity contribution in [1.82, 2.24) is 0 Å². The fourth-order valence-corrected chi connectivity index (χ4v) is 0.741. The van der Waals surface area contributed by atoms with Gasteiger partial charge < -0.3 is 5.11 Å². The summed E-state index contributed by atoms with van der Waals surface area (Å²) in [5.74, 6) is -0.806. The van der Waals surface area contributed by atoms with Gasteiger partial charge >= 0.3 is 5.97 Å². The fourth-order valence-electron chi connectivity index (χ4n) is 0.247. The van der Waals surface area contributed by atoms with Crippen molar-refractivity contribution >= 4 is 26.5 Å². The van der Waals surface area contributed by atoms with E-state index in [-0.39, 0.29) is 0 Å². The highest BCUT2D eigenvalue weighted by Crippen LogP contribution is 1.74. The normalized spacial score (nSPS) is 8.57. The van der Waals surface area contributed by atoms with Gasteiger partial charge in [0, 0.05) is 26.6 Å². The van der Waals surface area contributed by atoms with Crippen LogP contribution in [0.1, 0.15) is 0 Å². The Kier molecular flexibility index (Phi) is 2.62. The van der Waals surface area contributed by atoms with Crippen molar-refractivity contribution < 1.29 is 9.90 Å². The first-order valence-electron chi connectivity index (χ1n) is 2.01. The highest BCUT2D eigenvalue weighted by molar-refractivity contribution is 6.49. The first-order chi connectivity index (χ1) is 3.13. The molecule has 0 aromatic heterocycles. The molecule has 4 heteroatoms. The van der Waals surface area contributed by atoms with Crippen molar-refractivity contribution in [2.24, 2.45) is 0 Å². The summed E-state index contributed by atoms with van der Waals surface area (Å²) in [5.41, 5.74) is 0. The van der Waals surface area contributed by atoms with Crippen molar-refractivity contribution in [3.63, 3.8) is 0 Å².